The van der Waals surface area contributed by atoms with Crippen LogP contribution in [0.1, 0.15) is 23.7 Å². The summed E-state index contributed by atoms with van der Waals surface area (Å²) in [6.45, 7) is 1.45. The topological polar surface area (TPSA) is 46.5 Å². The number of carbonyl (C=O) groups excluding carboxylic acids is 1. The molecule has 0 spiro atoms. The van der Waals surface area contributed by atoms with E-state index in [1.807, 2.05) is 0 Å². The number of hydrogen-bond acceptors (Lipinski definition) is 3. The molecule has 0 aromatic heterocycles. The van der Waals surface area contributed by atoms with Gasteiger partial charge in [-0.3, -0.25) is 4.79 Å². The maximum absolute atomic E-state index is 13.5. The van der Waals surface area contributed by atoms with Crippen molar-refractivity contribution in [1.29, 1.82) is 0 Å². The van der Waals surface area contributed by atoms with Crippen molar-refractivity contribution in [3.63, 3.8) is 0 Å². The summed E-state index contributed by atoms with van der Waals surface area (Å²) in [4.78, 5) is 10.9. The van der Waals surface area contributed by atoms with Crippen LogP contribution in [-0.2, 0) is 9.53 Å². The largest absolute Gasteiger partial charge is 0.469 e. The van der Waals surface area contributed by atoms with Crippen molar-refractivity contribution in [3.05, 3.63) is 34.9 Å². The normalized spacial score (nSPS) is 12.3. The van der Waals surface area contributed by atoms with Crippen molar-refractivity contribution in [2.75, 3.05) is 7.11 Å². The van der Waals surface area contributed by atoms with Crippen LogP contribution in [0.15, 0.2) is 12.1 Å². The van der Waals surface area contributed by atoms with Gasteiger partial charge < -0.3 is 9.84 Å². The van der Waals surface area contributed by atoms with Gasteiger partial charge in [0.2, 0.25) is 0 Å². The zero-order valence-corrected chi connectivity index (χ0v) is 8.96. The van der Waals surface area contributed by atoms with Crippen molar-refractivity contribution in [2.24, 2.45) is 0 Å². The van der Waals surface area contributed by atoms with Crippen LogP contribution >= 0.6 is 0 Å². The van der Waals surface area contributed by atoms with Crippen LogP contribution in [-0.4, -0.2) is 18.2 Å². The Morgan fingerprint density at radius 1 is 1.50 bits per heavy atom. The van der Waals surface area contributed by atoms with E-state index in [2.05, 4.69) is 4.74 Å². The highest BCUT2D eigenvalue weighted by Gasteiger charge is 2.22. The third-order valence-electron chi connectivity index (χ3n) is 2.24. The first-order valence-electron chi connectivity index (χ1n) is 4.66. The van der Waals surface area contributed by atoms with Crippen molar-refractivity contribution in [3.8, 4) is 0 Å². The summed E-state index contributed by atoms with van der Waals surface area (Å²) >= 11 is 0. The Balaban J connectivity index is 3.03. The summed E-state index contributed by atoms with van der Waals surface area (Å²) in [5.74, 6) is -2.44. The fourth-order valence-electron chi connectivity index (χ4n) is 1.33. The molecule has 0 unspecified atom stereocenters. The molecule has 1 aromatic carbocycles. The first-order valence-corrected chi connectivity index (χ1v) is 4.66. The maximum Gasteiger partial charge on any atom is 0.308 e. The Morgan fingerprint density at radius 3 is 2.69 bits per heavy atom. The number of aliphatic hydroxyl groups excluding tert-OH is 1. The molecule has 1 N–H and O–H groups in total. The van der Waals surface area contributed by atoms with Crippen LogP contribution < -0.4 is 0 Å². The van der Waals surface area contributed by atoms with Gasteiger partial charge in [-0.1, -0.05) is 6.07 Å². The number of aryl methyl sites for hydroxylation is 1. The third kappa shape index (κ3) is 2.55. The van der Waals surface area contributed by atoms with E-state index in [0.717, 1.165) is 13.2 Å². The number of esters is 1. The van der Waals surface area contributed by atoms with E-state index in [0.29, 0.717) is 0 Å². The molecular formula is C11H12F2O3. The van der Waals surface area contributed by atoms with Crippen LogP contribution in [0.5, 0.6) is 0 Å². The highest BCUT2D eigenvalue weighted by molar-refractivity contribution is 5.70. The van der Waals surface area contributed by atoms with Crippen molar-refractivity contribution >= 4 is 5.97 Å². The zero-order valence-electron chi connectivity index (χ0n) is 8.96. The van der Waals surface area contributed by atoms with E-state index in [-0.39, 0.29) is 5.56 Å². The molecule has 0 aliphatic carbocycles. The van der Waals surface area contributed by atoms with E-state index in [1.54, 1.807) is 0 Å². The number of rotatable bonds is 3. The fraction of sp³-hybridized carbons (Fsp3) is 0.364. The second kappa shape index (κ2) is 5.03. The van der Waals surface area contributed by atoms with E-state index < -0.39 is 35.7 Å². The predicted octanol–water partition coefficient (Wildman–Crippen LogP) is 1.87. The lowest BCUT2D eigenvalue weighted by atomic mass is 10.0. The Bertz CT molecular complexity index is 404. The Hall–Kier alpha value is -1.49. The average Bonchev–Trinajstić information content (AvgIpc) is 2.24. The van der Waals surface area contributed by atoms with Crippen molar-refractivity contribution in [1.82, 2.24) is 0 Å². The molecule has 0 aliphatic heterocycles. The number of hydrogen-bond donors (Lipinski definition) is 1. The molecule has 88 valence electrons. The number of methoxy groups -OCH3 is 1. The molecule has 3 nitrogen and oxygen atoms in total. The van der Waals surface area contributed by atoms with Crippen molar-refractivity contribution < 1.29 is 23.4 Å². The van der Waals surface area contributed by atoms with Gasteiger partial charge in [0.15, 0.2) is 0 Å². The number of benzene rings is 1. The van der Waals surface area contributed by atoms with Gasteiger partial charge in [-0.2, -0.15) is 0 Å². The Kier molecular flexibility index (Phi) is 3.95. The minimum atomic E-state index is -1.53. The van der Waals surface area contributed by atoms with Crippen molar-refractivity contribution in [2.45, 2.75) is 19.4 Å². The molecule has 0 saturated carbocycles. The highest BCUT2D eigenvalue weighted by Crippen LogP contribution is 2.25. The lowest BCUT2D eigenvalue weighted by Gasteiger charge is -2.12. The van der Waals surface area contributed by atoms with Crippen LogP contribution in [0.4, 0.5) is 8.78 Å². The zero-order chi connectivity index (χ0) is 12.3. The number of ether oxygens (including phenoxy) is 1. The van der Waals surface area contributed by atoms with Gasteiger partial charge in [0.05, 0.1) is 25.2 Å². The van der Waals surface area contributed by atoms with Gasteiger partial charge in [-0.15, -0.1) is 0 Å². The standard InChI is InChI=1S/C11H12F2O3/c1-6-3-4-7(12)10(11(6)13)8(14)5-9(15)16-2/h3-4,8,14H,5H2,1-2H3/t8-/m1/s1. The van der Waals surface area contributed by atoms with Gasteiger partial charge in [0, 0.05) is 0 Å². The Morgan fingerprint density at radius 2 is 2.12 bits per heavy atom. The minimum Gasteiger partial charge on any atom is -0.469 e. The molecule has 0 saturated heterocycles. The average molecular weight is 230 g/mol. The number of aliphatic hydroxyl groups is 1. The molecule has 0 fully saturated rings. The molecule has 0 aliphatic rings. The first-order chi connectivity index (χ1) is 7.47. The van der Waals surface area contributed by atoms with Crippen LogP contribution in [0.2, 0.25) is 0 Å². The second-order valence-electron chi connectivity index (χ2n) is 3.39. The Labute approximate surface area is 91.7 Å². The second-order valence-corrected chi connectivity index (χ2v) is 3.39. The predicted molar refractivity (Wildman–Crippen MR) is 52.7 cm³/mol. The fourth-order valence-corrected chi connectivity index (χ4v) is 1.33. The van der Waals surface area contributed by atoms with Crippen LogP contribution in [0.3, 0.4) is 0 Å². The molecule has 0 bridgehead atoms. The summed E-state index contributed by atoms with van der Waals surface area (Å²) < 4.78 is 31.1. The van der Waals surface area contributed by atoms with E-state index in [9.17, 15) is 18.7 Å². The van der Waals surface area contributed by atoms with E-state index in [1.165, 1.54) is 13.0 Å². The third-order valence-corrected chi connectivity index (χ3v) is 2.24. The quantitative estimate of drug-likeness (QED) is 0.806. The first kappa shape index (κ1) is 12.6. The molecule has 0 radical (unpaired) electrons. The van der Waals surface area contributed by atoms with Gasteiger partial charge in [-0.05, 0) is 18.6 Å². The van der Waals surface area contributed by atoms with E-state index in [4.69, 9.17) is 0 Å². The van der Waals surface area contributed by atoms with Crippen LogP contribution in [0.25, 0.3) is 0 Å². The highest BCUT2D eigenvalue weighted by atomic mass is 19.1. The minimum absolute atomic E-state index is 0.209. The summed E-state index contributed by atoms with van der Waals surface area (Å²) in [7, 11) is 1.14. The van der Waals surface area contributed by atoms with Gasteiger partial charge in [0.25, 0.3) is 0 Å². The molecule has 0 amide bonds. The molecule has 1 rings (SSSR count). The SMILES string of the molecule is COC(=O)C[C@@H](O)c1c(F)ccc(C)c1F. The smallest absolute Gasteiger partial charge is 0.308 e. The number of halogens is 2. The summed E-state index contributed by atoms with van der Waals surface area (Å²) in [6, 6.07) is 2.31. The molecule has 1 aromatic rings. The molecule has 0 heterocycles. The van der Waals surface area contributed by atoms with Gasteiger partial charge in [0.1, 0.15) is 11.6 Å². The lowest BCUT2D eigenvalue weighted by molar-refractivity contribution is -0.142. The molecule has 1 atom stereocenters. The monoisotopic (exact) mass is 230 g/mol. The van der Waals surface area contributed by atoms with E-state index >= 15 is 0 Å². The lowest BCUT2D eigenvalue weighted by Crippen LogP contribution is -2.12. The summed E-state index contributed by atoms with van der Waals surface area (Å²) in [5, 5.41) is 9.53. The van der Waals surface area contributed by atoms with Crippen LogP contribution in [0, 0.1) is 18.6 Å². The molecule has 5 heteroatoms. The summed E-state index contributed by atoms with van der Waals surface area (Å²) in [6.07, 6.45) is -2.01. The summed E-state index contributed by atoms with van der Waals surface area (Å²) in [5.41, 5.74) is -0.286. The van der Waals surface area contributed by atoms with Gasteiger partial charge in [-0.25, -0.2) is 8.78 Å². The van der Waals surface area contributed by atoms with Gasteiger partial charge >= 0.3 is 5.97 Å². The maximum atomic E-state index is 13.5. The molecule has 16 heavy (non-hydrogen) atoms. The molecular weight excluding hydrogens is 218 g/mol. The number of carbonyl (C=O) groups is 1.